The van der Waals surface area contributed by atoms with Gasteiger partial charge in [-0.25, -0.2) is 0 Å². The Balaban J connectivity index is 1.32. The number of hydrogen-bond acceptors (Lipinski definition) is 4. The molecule has 39 heavy (non-hydrogen) atoms. The van der Waals surface area contributed by atoms with Crippen LogP contribution < -0.4 is 0 Å². The lowest BCUT2D eigenvalue weighted by Gasteiger charge is -2.23. The Morgan fingerprint density at radius 3 is 2.18 bits per heavy atom. The van der Waals surface area contributed by atoms with Crippen LogP contribution >= 0.6 is 0 Å². The molecule has 186 valence electrons. The summed E-state index contributed by atoms with van der Waals surface area (Å²) in [6.45, 7) is 4.66. The van der Waals surface area contributed by atoms with Gasteiger partial charge in [-0.15, -0.1) is 10.2 Å². The fraction of sp³-hybridized carbons (Fsp3) is 0.0882. The van der Waals surface area contributed by atoms with E-state index in [2.05, 4.69) is 95.3 Å². The van der Waals surface area contributed by atoms with Gasteiger partial charge in [0.25, 0.3) is 0 Å². The van der Waals surface area contributed by atoms with Crippen molar-refractivity contribution in [3.63, 3.8) is 0 Å². The first kappa shape index (κ1) is 22.0. The summed E-state index contributed by atoms with van der Waals surface area (Å²) in [5.74, 6) is 1.02. The Labute approximate surface area is 225 Å². The van der Waals surface area contributed by atoms with Gasteiger partial charge in [-0.05, 0) is 76.9 Å². The highest BCUT2D eigenvalue weighted by Gasteiger charge is 2.38. The van der Waals surface area contributed by atoms with Gasteiger partial charge in [-0.1, -0.05) is 62.4 Å². The van der Waals surface area contributed by atoms with Crippen LogP contribution in [-0.2, 0) is 5.41 Å². The van der Waals surface area contributed by atoms with E-state index in [1.807, 2.05) is 42.6 Å². The molecule has 0 aliphatic heterocycles. The third-order valence-electron chi connectivity index (χ3n) is 8.02. The fourth-order valence-corrected chi connectivity index (χ4v) is 6.23. The maximum Gasteiger partial charge on any atom is 0.248 e. The molecule has 8 rings (SSSR count). The van der Waals surface area contributed by atoms with E-state index in [4.69, 9.17) is 9.40 Å². The first-order valence-electron chi connectivity index (χ1n) is 13.1. The highest BCUT2D eigenvalue weighted by atomic mass is 16.4. The molecule has 0 unspecified atom stereocenters. The van der Waals surface area contributed by atoms with E-state index >= 15 is 0 Å². The molecule has 3 aromatic heterocycles. The summed E-state index contributed by atoms with van der Waals surface area (Å²) in [6.07, 6.45) is 1.88. The largest absolute Gasteiger partial charge is 0.416 e. The van der Waals surface area contributed by atoms with Crippen molar-refractivity contribution in [1.82, 2.24) is 19.7 Å². The van der Waals surface area contributed by atoms with E-state index in [1.165, 1.54) is 33.2 Å². The second kappa shape index (κ2) is 7.98. The molecule has 7 aromatic rings. The summed E-state index contributed by atoms with van der Waals surface area (Å²) in [4.78, 5) is 4.82. The predicted octanol–water partition coefficient (Wildman–Crippen LogP) is 8.20. The maximum atomic E-state index is 6.01. The molecule has 0 amide bonds. The van der Waals surface area contributed by atoms with Crippen LogP contribution in [0.5, 0.6) is 0 Å². The lowest BCUT2D eigenvalue weighted by atomic mass is 9.81. The fourth-order valence-electron chi connectivity index (χ4n) is 6.23. The Bertz CT molecular complexity index is 2030. The van der Waals surface area contributed by atoms with Crippen LogP contribution in [0.2, 0.25) is 0 Å². The molecule has 1 aliphatic carbocycles. The van der Waals surface area contributed by atoms with Gasteiger partial charge in [-0.2, -0.15) is 0 Å². The molecule has 5 nitrogen and oxygen atoms in total. The van der Waals surface area contributed by atoms with Gasteiger partial charge in [0, 0.05) is 33.8 Å². The molecule has 1 aliphatic rings. The van der Waals surface area contributed by atoms with Crippen LogP contribution in [-0.4, -0.2) is 19.7 Å². The summed E-state index contributed by atoms with van der Waals surface area (Å²) in [5.41, 5.74) is 11.3. The molecule has 4 aromatic carbocycles. The van der Waals surface area contributed by atoms with E-state index in [0.717, 1.165) is 27.8 Å². The zero-order valence-corrected chi connectivity index (χ0v) is 21.6. The van der Waals surface area contributed by atoms with Gasteiger partial charge >= 0.3 is 0 Å². The molecule has 3 heterocycles. The lowest BCUT2D eigenvalue weighted by Crippen LogP contribution is -2.16. The Morgan fingerprint density at radius 1 is 0.667 bits per heavy atom. The van der Waals surface area contributed by atoms with Crippen LogP contribution in [0.3, 0.4) is 0 Å². The Kier molecular flexibility index (Phi) is 4.50. The minimum atomic E-state index is -0.144. The molecule has 0 saturated carbocycles. The number of nitrogens with zero attached hydrogens (tertiary/aromatic N) is 4. The SMILES string of the molecule is CC1(C)c2ccccc2-c2ccc3c4ncccc4n(-c4ccc(-c5nnc(-c6ccccc6)o5)cc4)c3c21. The molecule has 5 heteroatoms. The van der Waals surface area contributed by atoms with E-state index in [0.29, 0.717) is 11.8 Å². The number of hydrogen-bond donors (Lipinski definition) is 0. The van der Waals surface area contributed by atoms with Crippen LogP contribution in [0.15, 0.2) is 114 Å². The van der Waals surface area contributed by atoms with E-state index in [9.17, 15) is 0 Å². The normalized spacial score (nSPS) is 13.6. The molecule has 0 N–H and O–H groups in total. The highest BCUT2D eigenvalue weighted by molar-refractivity contribution is 6.11. The van der Waals surface area contributed by atoms with E-state index < -0.39 is 0 Å². The second-order valence-corrected chi connectivity index (χ2v) is 10.6. The zero-order valence-electron chi connectivity index (χ0n) is 21.6. The van der Waals surface area contributed by atoms with Gasteiger partial charge in [0.15, 0.2) is 0 Å². The van der Waals surface area contributed by atoms with Crippen molar-refractivity contribution in [2.45, 2.75) is 19.3 Å². The van der Waals surface area contributed by atoms with Crippen LogP contribution in [0, 0.1) is 0 Å². The van der Waals surface area contributed by atoms with Crippen molar-refractivity contribution < 1.29 is 4.42 Å². The van der Waals surface area contributed by atoms with Crippen molar-refractivity contribution >= 4 is 21.9 Å². The number of aromatic nitrogens is 4. The average Bonchev–Trinajstić information content (AvgIpc) is 3.66. The van der Waals surface area contributed by atoms with Gasteiger partial charge in [-0.3, -0.25) is 4.98 Å². The van der Waals surface area contributed by atoms with E-state index in [1.54, 1.807) is 0 Å². The van der Waals surface area contributed by atoms with Gasteiger partial charge < -0.3 is 8.98 Å². The van der Waals surface area contributed by atoms with E-state index in [-0.39, 0.29) is 5.41 Å². The molecule has 0 bridgehead atoms. The summed E-state index contributed by atoms with van der Waals surface area (Å²) in [6, 6.07) is 35.6. The maximum absolute atomic E-state index is 6.01. The lowest BCUT2D eigenvalue weighted by molar-refractivity contribution is 0.584. The summed E-state index contributed by atoms with van der Waals surface area (Å²) in [7, 11) is 0. The van der Waals surface area contributed by atoms with Gasteiger partial charge in [0.1, 0.15) is 0 Å². The number of fused-ring (bicyclic) bond motifs is 7. The number of pyridine rings is 1. The molecule has 0 atom stereocenters. The van der Waals surface area contributed by atoms with Gasteiger partial charge in [0.2, 0.25) is 11.8 Å². The zero-order chi connectivity index (χ0) is 26.1. The summed E-state index contributed by atoms with van der Waals surface area (Å²) < 4.78 is 8.37. The van der Waals surface area contributed by atoms with Crippen LogP contribution in [0.4, 0.5) is 0 Å². The number of benzene rings is 4. The molecule has 0 fully saturated rings. The van der Waals surface area contributed by atoms with Crippen molar-refractivity contribution in [1.29, 1.82) is 0 Å². The molecule has 0 spiro atoms. The van der Waals surface area contributed by atoms with Crippen molar-refractivity contribution in [3.8, 4) is 39.7 Å². The molecule has 0 radical (unpaired) electrons. The minimum absolute atomic E-state index is 0.144. The third kappa shape index (κ3) is 3.10. The van der Waals surface area contributed by atoms with Crippen LogP contribution in [0.25, 0.3) is 61.7 Å². The van der Waals surface area contributed by atoms with Crippen LogP contribution in [0.1, 0.15) is 25.0 Å². The third-order valence-corrected chi connectivity index (χ3v) is 8.02. The number of rotatable bonds is 3. The molecular formula is C34H24N4O. The first-order valence-corrected chi connectivity index (χ1v) is 13.1. The van der Waals surface area contributed by atoms with Crippen molar-refractivity contribution in [3.05, 3.63) is 120 Å². The monoisotopic (exact) mass is 504 g/mol. The Hall–Kier alpha value is -5.03. The topological polar surface area (TPSA) is 56.7 Å². The Morgan fingerprint density at radius 2 is 1.38 bits per heavy atom. The standard InChI is InChI=1S/C34H24N4O/c1-34(2)27-12-7-6-11-24(27)25-18-19-26-30-28(13-8-20-35-30)38(31(26)29(25)34)23-16-14-22(15-17-23)33-37-36-32(39-33)21-9-4-3-5-10-21/h3-20H,1-2H3. The minimum Gasteiger partial charge on any atom is -0.416 e. The second-order valence-electron chi connectivity index (χ2n) is 10.6. The average molecular weight is 505 g/mol. The van der Waals surface area contributed by atoms with Crippen molar-refractivity contribution in [2.24, 2.45) is 0 Å². The highest BCUT2D eigenvalue weighted by Crippen LogP contribution is 2.52. The summed E-state index contributed by atoms with van der Waals surface area (Å²) >= 11 is 0. The van der Waals surface area contributed by atoms with Crippen molar-refractivity contribution in [2.75, 3.05) is 0 Å². The first-order chi connectivity index (χ1) is 19.1. The van der Waals surface area contributed by atoms with Gasteiger partial charge in [0.05, 0.1) is 16.6 Å². The quantitative estimate of drug-likeness (QED) is 0.243. The predicted molar refractivity (Wildman–Crippen MR) is 155 cm³/mol. The molecule has 0 saturated heterocycles. The smallest absolute Gasteiger partial charge is 0.248 e. The molecular weight excluding hydrogens is 480 g/mol. The summed E-state index contributed by atoms with van der Waals surface area (Å²) in [5, 5.41) is 9.74.